The summed E-state index contributed by atoms with van der Waals surface area (Å²) in [7, 11) is 1.67. The van der Waals surface area contributed by atoms with Crippen molar-refractivity contribution in [2.24, 2.45) is 0 Å². The van der Waals surface area contributed by atoms with Gasteiger partial charge in [0.25, 0.3) is 0 Å². The van der Waals surface area contributed by atoms with Gasteiger partial charge in [-0.15, -0.1) is 0 Å². The van der Waals surface area contributed by atoms with Crippen LogP contribution in [0.5, 0.6) is 0 Å². The number of ether oxygens (including phenoxy) is 1. The zero-order valence-electron chi connectivity index (χ0n) is 7.85. The average molecular weight is 189 g/mol. The third-order valence-electron chi connectivity index (χ3n) is 1.13. The Morgan fingerprint density at radius 3 is 2.54 bits per heavy atom. The van der Waals surface area contributed by atoms with Crippen LogP contribution in [0.25, 0.3) is 0 Å². The van der Waals surface area contributed by atoms with Crippen molar-refractivity contribution in [1.29, 1.82) is 0 Å². The van der Waals surface area contributed by atoms with Gasteiger partial charge in [0, 0.05) is 0 Å². The number of alkyl carbamates (subject to hydrolysis) is 1. The predicted molar refractivity (Wildman–Crippen MR) is 47.1 cm³/mol. The number of nitrogens with one attached hydrogen (secondary N) is 3. The van der Waals surface area contributed by atoms with E-state index in [0.29, 0.717) is 6.61 Å². The van der Waals surface area contributed by atoms with Crippen molar-refractivity contribution in [2.75, 3.05) is 26.9 Å². The van der Waals surface area contributed by atoms with Gasteiger partial charge in [-0.25, -0.2) is 4.79 Å². The molecule has 0 aromatic heterocycles. The normalized spacial score (nSPS) is 9.08. The Morgan fingerprint density at radius 1 is 1.31 bits per heavy atom. The number of amides is 2. The topological polar surface area (TPSA) is 79.5 Å². The van der Waals surface area contributed by atoms with Crippen molar-refractivity contribution in [1.82, 2.24) is 16.0 Å². The van der Waals surface area contributed by atoms with E-state index in [0.717, 1.165) is 0 Å². The van der Waals surface area contributed by atoms with E-state index in [4.69, 9.17) is 0 Å². The molecule has 0 atom stereocenters. The molecule has 13 heavy (non-hydrogen) atoms. The minimum atomic E-state index is -0.535. The highest BCUT2D eigenvalue weighted by atomic mass is 16.5. The fraction of sp³-hybridized carbons (Fsp3) is 0.714. The molecule has 0 unspecified atom stereocenters. The molecule has 6 nitrogen and oxygen atoms in total. The summed E-state index contributed by atoms with van der Waals surface area (Å²) >= 11 is 0. The second kappa shape index (κ2) is 7.35. The Balaban J connectivity index is 3.33. The van der Waals surface area contributed by atoms with E-state index in [2.05, 4.69) is 20.7 Å². The van der Waals surface area contributed by atoms with Gasteiger partial charge in [-0.1, -0.05) is 0 Å². The Labute approximate surface area is 77.0 Å². The Bertz CT molecular complexity index is 154. The van der Waals surface area contributed by atoms with Gasteiger partial charge in [0.05, 0.1) is 19.8 Å². The summed E-state index contributed by atoms with van der Waals surface area (Å²) in [6.07, 6.45) is -0.535. The number of carbonyl (C=O) groups excluding carboxylic acids is 2. The summed E-state index contributed by atoms with van der Waals surface area (Å²) in [6.45, 7) is 2.33. The summed E-state index contributed by atoms with van der Waals surface area (Å²) in [5.74, 6) is -0.181. The van der Waals surface area contributed by atoms with Crippen LogP contribution < -0.4 is 16.0 Å². The summed E-state index contributed by atoms with van der Waals surface area (Å²) in [5, 5.41) is 7.49. The SMILES string of the molecule is CCOC(=O)NCNC(=O)CNC. The molecule has 6 heteroatoms. The van der Waals surface area contributed by atoms with Gasteiger partial charge >= 0.3 is 6.09 Å². The van der Waals surface area contributed by atoms with Crippen LogP contribution in [0.1, 0.15) is 6.92 Å². The first-order valence-corrected chi connectivity index (χ1v) is 4.02. The van der Waals surface area contributed by atoms with Crippen LogP contribution in [-0.2, 0) is 9.53 Å². The minimum absolute atomic E-state index is 0.0827. The molecule has 0 aliphatic heterocycles. The zero-order chi connectivity index (χ0) is 10.1. The van der Waals surface area contributed by atoms with E-state index in [9.17, 15) is 9.59 Å². The molecule has 0 rings (SSSR count). The Morgan fingerprint density at radius 2 is 2.00 bits per heavy atom. The van der Waals surface area contributed by atoms with E-state index in [1.165, 1.54) is 0 Å². The molecular weight excluding hydrogens is 174 g/mol. The quantitative estimate of drug-likeness (QED) is 0.486. The summed E-state index contributed by atoms with van der Waals surface area (Å²) in [5.41, 5.74) is 0. The molecule has 76 valence electrons. The molecule has 2 amide bonds. The Hall–Kier alpha value is -1.30. The highest BCUT2D eigenvalue weighted by molar-refractivity contribution is 5.78. The van der Waals surface area contributed by atoms with Crippen molar-refractivity contribution in [3.8, 4) is 0 Å². The lowest BCUT2D eigenvalue weighted by Gasteiger charge is -2.06. The fourth-order valence-corrected chi connectivity index (χ4v) is 0.620. The predicted octanol–water partition coefficient (Wildman–Crippen LogP) is -0.974. The first-order chi connectivity index (χ1) is 6.20. The molecule has 3 N–H and O–H groups in total. The maximum absolute atomic E-state index is 10.8. The largest absolute Gasteiger partial charge is 0.450 e. The van der Waals surface area contributed by atoms with Gasteiger partial charge in [0.1, 0.15) is 0 Å². The van der Waals surface area contributed by atoms with Crippen molar-refractivity contribution in [3.63, 3.8) is 0 Å². The molecule has 0 radical (unpaired) electrons. The van der Waals surface area contributed by atoms with E-state index in [1.54, 1.807) is 14.0 Å². The third-order valence-corrected chi connectivity index (χ3v) is 1.13. The van der Waals surface area contributed by atoms with Crippen LogP contribution in [0.2, 0.25) is 0 Å². The maximum atomic E-state index is 10.8. The fourth-order valence-electron chi connectivity index (χ4n) is 0.620. The lowest BCUT2D eigenvalue weighted by Crippen LogP contribution is -2.40. The lowest BCUT2D eigenvalue weighted by molar-refractivity contribution is -0.120. The summed E-state index contributed by atoms with van der Waals surface area (Å²) in [6, 6.07) is 0. The summed E-state index contributed by atoms with van der Waals surface area (Å²) < 4.78 is 4.57. The van der Waals surface area contributed by atoms with E-state index < -0.39 is 6.09 Å². The molecule has 0 bridgehead atoms. The van der Waals surface area contributed by atoms with Crippen LogP contribution in [0.4, 0.5) is 4.79 Å². The van der Waals surface area contributed by atoms with Gasteiger partial charge in [-0.3, -0.25) is 4.79 Å². The molecule has 0 fully saturated rings. The van der Waals surface area contributed by atoms with Gasteiger partial charge in [-0.05, 0) is 14.0 Å². The Kier molecular flexibility index (Phi) is 6.62. The van der Waals surface area contributed by atoms with E-state index in [1.807, 2.05) is 0 Å². The van der Waals surface area contributed by atoms with Crippen molar-refractivity contribution < 1.29 is 14.3 Å². The van der Waals surface area contributed by atoms with Crippen molar-refractivity contribution in [2.45, 2.75) is 6.92 Å². The number of likely N-dealkylation sites (N-methyl/N-ethyl adjacent to an activating group) is 1. The smallest absolute Gasteiger partial charge is 0.408 e. The molecule has 0 aromatic carbocycles. The number of hydrogen-bond acceptors (Lipinski definition) is 4. The number of rotatable bonds is 5. The molecule has 0 heterocycles. The number of carbonyl (C=O) groups is 2. The van der Waals surface area contributed by atoms with E-state index >= 15 is 0 Å². The third kappa shape index (κ3) is 7.07. The maximum Gasteiger partial charge on any atom is 0.408 e. The van der Waals surface area contributed by atoms with Gasteiger partial charge in [0.2, 0.25) is 5.91 Å². The van der Waals surface area contributed by atoms with Gasteiger partial charge in [0.15, 0.2) is 0 Å². The first-order valence-electron chi connectivity index (χ1n) is 4.02. The van der Waals surface area contributed by atoms with Gasteiger partial charge in [-0.2, -0.15) is 0 Å². The molecule has 0 aliphatic carbocycles. The zero-order valence-corrected chi connectivity index (χ0v) is 7.85. The molecule has 0 spiro atoms. The molecule has 0 saturated heterocycles. The van der Waals surface area contributed by atoms with Crippen molar-refractivity contribution >= 4 is 12.0 Å². The monoisotopic (exact) mass is 189 g/mol. The molecule has 0 saturated carbocycles. The molecular formula is C7H15N3O3. The second-order valence-corrected chi connectivity index (χ2v) is 2.20. The van der Waals surface area contributed by atoms with Crippen LogP contribution >= 0.6 is 0 Å². The number of hydrogen-bond donors (Lipinski definition) is 3. The second-order valence-electron chi connectivity index (χ2n) is 2.20. The van der Waals surface area contributed by atoms with E-state index in [-0.39, 0.29) is 19.1 Å². The average Bonchev–Trinajstić information content (AvgIpc) is 2.05. The highest BCUT2D eigenvalue weighted by Crippen LogP contribution is 1.73. The lowest BCUT2D eigenvalue weighted by atomic mass is 10.6. The van der Waals surface area contributed by atoms with Crippen LogP contribution in [0, 0.1) is 0 Å². The molecule has 0 aromatic rings. The van der Waals surface area contributed by atoms with Crippen LogP contribution in [0.15, 0.2) is 0 Å². The molecule has 0 aliphatic rings. The standard InChI is InChI=1S/C7H15N3O3/c1-3-13-7(12)10-5-9-6(11)4-8-2/h8H,3-5H2,1-2H3,(H,9,11)(H,10,12). The van der Waals surface area contributed by atoms with Crippen LogP contribution in [0.3, 0.4) is 0 Å². The minimum Gasteiger partial charge on any atom is -0.450 e. The highest BCUT2D eigenvalue weighted by Gasteiger charge is 2.00. The first kappa shape index (κ1) is 11.7. The van der Waals surface area contributed by atoms with Crippen LogP contribution in [-0.4, -0.2) is 38.9 Å². The van der Waals surface area contributed by atoms with Gasteiger partial charge < -0.3 is 20.7 Å². The summed E-state index contributed by atoms with van der Waals surface area (Å²) in [4.78, 5) is 21.5. The van der Waals surface area contributed by atoms with Crippen molar-refractivity contribution in [3.05, 3.63) is 0 Å².